The Balaban J connectivity index is 1.58. The molecule has 2 fully saturated rings. The molecule has 0 saturated carbocycles. The topological polar surface area (TPSA) is 42.0 Å². The van der Waals surface area contributed by atoms with Gasteiger partial charge in [0.1, 0.15) is 16.9 Å². The van der Waals surface area contributed by atoms with E-state index in [0.717, 1.165) is 36.4 Å². The van der Waals surface area contributed by atoms with E-state index in [1.165, 1.54) is 12.1 Å². The third-order valence-corrected chi connectivity index (χ3v) is 7.39. The van der Waals surface area contributed by atoms with Crippen LogP contribution in [0.5, 0.6) is 5.75 Å². The monoisotopic (exact) mass is 458 g/mol. The van der Waals surface area contributed by atoms with Gasteiger partial charge in [0.05, 0.1) is 31.1 Å². The average molecular weight is 459 g/mol. The fourth-order valence-corrected chi connectivity index (χ4v) is 5.55. The Kier molecular flexibility index (Phi) is 7.71. The molecule has 0 spiro atoms. The van der Waals surface area contributed by atoms with E-state index in [2.05, 4.69) is 24.0 Å². The van der Waals surface area contributed by atoms with Gasteiger partial charge in [-0.1, -0.05) is 31.2 Å². The van der Waals surface area contributed by atoms with E-state index < -0.39 is 0 Å². The van der Waals surface area contributed by atoms with Gasteiger partial charge in [0.15, 0.2) is 0 Å². The molecule has 1 amide bonds. The molecule has 2 aromatic carbocycles. The summed E-state index contributed by atoms with van der Waals surface area (Å²) in [5.41, 5.74) is 2.11. The summed E-state index contributed by atoms with van der Waals surface area (Å²) in [4.78, 5) is 17.5. The number of ether oxygens (including phenoxy) is 2. The molecule has 3 atom stereocenters. The highest BCUT2D eigenvalue weighted by molar-refractivity contribution is 8.01. The van der Waals surface area contributed by atoms with Crippen LogP contribution in [0.15, 0.2) is 48.5 Å². The van der Waals surface area contributed by atoms with E-state index in [1.807, 2.05) is 36.1 Å². The number of thioether (sulfide) groups is 1. The first kappa shape index (κ1) is 23.1. The van der Waals surface area contributed by atoms with Crippen LogP contribution in [-0.2, 0) is 9.53 Å². The van der Waals surface area contributed by atoms with E-state index in [4.69, 9.17) is 9.47 Å². The molecule has 172 valence electrons. The number of benzene rings is 2. The first-order chi connectivity index (χ1) is 15.6. The molecule has 2 aromatic rings. The van der Waals surface area contributed by atoms with Gasteiger partial charge < -0.3 is 14.4 Å². The van der Waals surface area contributed by atoms with Crippen molar-refractivity contribution < 1.29 is 18.7 Å². The summed E-state index contributed by atoms with van der Waals surface area (Å²) >= 11 is 1.68. The number of halogens is 1. The number of carbonyl (C=O) groups is 1. The second-order valence-corrected chi connectivity index (χ2v) is 9.68. The summed E-state index contributed by atoms with van der Waals surface area (Å²) in [6.45, 7) is 8.22. The Morgan fingerprint density at radius 2 is 1.81 bits per heavy atom. The van der Waals surface area contributed by atoms with E-state index in [9.17, 15) is 9.18 Å². The number of rotatable bonds is 8. The molecule has 0 aliphatic carbocycles. The van der Waals surface area contributed by atoms with Crippen LogP contribution in [-0.4, -0.2) is 60.4 Å². The Bertz CT molecular complexity index is 887. The predicted octanol–water partition coefficient (Wildman–Crippen LogP) is 4.65. The molecule has 2 heterocycles. The largest absolute Gasteiger partial charge is 0.494 e. The van der Waals surface area contributed by atoms with E-state index in [-0.39, 0.29) is 28.4 Å². The van der Waals surface area contributed by atoms with Gasteiger partial charge in [-0.2, -0.15) is 0 Å². The van der Waals surface area contributed by atoms with Crippen molar-refractivity contribution in [1.29, 1.82) is 0 Å². The molecule has 2 saturated heterocycles. The minimum absolute atomic E-state index is 0.0102. The molecule has 5 nitrogen and oxygen atoms in total. The predicted molar refractivity (Wildman–Crippen MR) is 125 cm³/mol. The van der Waals surface area contributed by atoms with Crippen molar-refractivity contribution in [3.05, 3.63) is 65.5 Å². The number of carbonyl (C=O) groups excluding carboxylic acids is 1. The van der Waals surface area contributed by atoms with Crippen molar-refractivity contribution in [1.82, 2.24) is 9.80 Å². The normalized spacial score (nSPS) is 22.8. The van der Waals surface area contributed by atoms with Gasteiger partial charge in [0.2, 0.25) is 5.91 Å². The fraction of sp³-hybridized carbons (Fsp3) is 0.480. The van der Waals surface area contributed by atoms with Crippen molar-refractivity contribution in [3.8, 4) is 5.75 Å². The molecule has 7 heteroatoms. The van der Waals surface area contributed by atoms with Crippen molar-refractivity contribution in [2.24, 2.45) is 0 Å². The van der Waals surface area contributed by atoms with Crippen LogP contribution in [0.1, 0.15) is 42.8 Å². The highest BCUT2D eigenvalue weighted by Crippen LogP contribution is 2.44. The van der Waals surface area contributed by atoms with Crippen LogP contribution < -0.4 is 4.74 Å². The van der Waals surface area contributed by atoms with Crippen molar-refractivity contribution in [3.63, 3.8) is 0 Å². The first-order valence-electron chi connectivity index (χ1n) is 11.3. The van der Waals surface area contributed by atoms with Gasteiger partial charge in [0.25, 0.3) is 0 Å². The second-order valence-electron chi connectivity index (χ2n) is 8.25. The lowest BCUT2D eigenvalue weighted by Gasteiger charge is -2.38. The van der Waals surface area contributed by atoms with Gasteiger partial charge in [-0.3, -0.25) is 9.69 Å². The molecular weight excluding hydrogens is 427 g/mol. The maximum Gasteiger partial charge on any atom is 0.236 e. The lowest BCUT2D eigenvalue weighted by molar-refractivity contribution is -0.131. The molecule has 2 aliphatic heterocycles. The Morgan fingerprint density at radius 1 is 1.12 bits per heavy atom. The van der Waals surface area contributed by atoms with E-state index >= 15 is 0 Å². The first-order valence-corrected chi connectivity index (χ1v) is 12.3. The summed E-state index contributed by atoms with van der Waals surface area (Å²) in [5.74, 6) is 0.743. The third kappa shape index (κ3) is 5.27. The Labute approximate surface area is 193 Å². The zero-order valence-electron chi connectivity index (χ0n) is 18.7. The maximum atomic E-state index is 13.6. The van der Waals surface area contributed by atoms with Gasteiger partial charge in [-0.05, 0) is 48.7 Å². The van der Waals surface area contributed by atoms with Crippen LogP contribution in [0.4, 0.5) is 4.39 Å². The quantitative estimate of drug-likeness (QED) is 0.576. The van der Waals surface area contributed by atoms with Crippen LogP contribution in [0.2, 0.25) is 0 Å². The molecule has 32 heavy (non-hydrogen) atoms. The molecule has 2 aliphatic rings. The van der Waals surface area contributed by atoms with Gasteiger partial charge >= 0.3 is 0 Å². The fourth-order valence-electron chi connectivity index (χ4n) is 4.26. The molecule has 3 unspecified atom stereocenters. The Hall–Kier alpha value is -2.09. The zero-order valence-corrected chi connectivity index (χ0v) is 19.5. The van der Waals surface area contributed by atoms with Crippen molar-refractivity contribution >= 4 is 17.7 Å². The third-order valence-electron chi connectivity index (χ3n) is 6.00. The summed E-state index contributed by atoms with van der Waals surface area (Å²) in [6.07, 6.45) is 0.965. The lowest BCUT2D eigenvalue weighted by atomic mass is 10.0. The second kappa shape index (κ2) is 10.7. The summed E-state index contributed by atoms with van der Waals surface area (Å²) in [6, 6.07) is 14.7. The number of hydrogen-bond acceptors (Lipinski definition) is 5. The average Bonchev–Trinajstić information content (AvgIpc) is 3.11. The smallest absolute Gasteiger partial charge is 0.236 e. The molecule has 0 N–H and O–H groups in total. The van der Waals surface area contributed by atoms with Crippen molar-refractivity contribution in [2.45, 2.75) is 36.9 Å². The number of morpholine rings is 1. The van der Waals surface area contributed by atoms with Crippen LogP contribution in [0.25, 0.3) is 0 Å². The van der Waals surface area contributed by atoms with Gasteiger partial charge in [-0.15, -0.1) is 11.8 Å². The van der Waals surface area contributed by atoms with E-state index in [0.29, 0.717) is 26.4 Å². The minimum atomic E-state index is -0.251. The minimum Gasteiger partial charge on any atom is -0.494 e. The zero-order chi connectivity index (χ0) is 22.5. The summed E-state index contributed by atoms with van der Waals surface area (Å²) in [5, 5.41) is -0.156. The maximum absolute atomic E-state index is 13.6. The standard InChI is InChI=1S/C25H31FN2O3S/c1-3-14-31-22-10-6-20(7-11-22)25-28(24(29)18(2)32-25)17-23(27-12-15-30-16-13-27)19-4-8-21(26)9-5-19/h4-11,18,23,25H,3,12-17H2,1-2H3. The number of hydrogen-bond donors (Lipinski definition) is 0. The van der Waals surface area contributed by atoms with Crippen LogP contribution in [0, 0.1) is 5.82 Å². The summed E-state index contributed by atoms with van der Waals surface area (Å²) < 4.78 is 24.9. The number of nitrogens with zero attached hydrogens (tertiary/aromatic N) is 2. The SMILES string of the molecule is CCCOc1ccc(C2SC(C)C(=O)N2CC(c2ccc(F)cc2)N2CCOCC2)cc1. The highest BCUT2D eigenvalue weighted by atomic mass is 32.2. The molecule has 4 rings (SSSR count). The van der Waals surface area contributed by atoms with Crippen molar-refractivity contribution in [2.75, 3.05) is 39.5 Å². The molecule has 0 bridgehead atoms. The van der Waals surface area contributed by atoms with Crippen LogP contribution in [0.3, 0.4) is 0 Å². The van der Waals surface area contributed by atoms with E-state index in [1.54, 1.807) is 11.8 Å². The number of amides is 1. The Morgan fingerprint density at radius 3 is 2.47 bits per heavy atom. The summed E-state index contributed by atoms with van der Waals surface area (Å²) in [7, 11) is 0. The van der Waals surface area contributed by atoms with Crippen LogP contribution >= 0.6 is 11.8 Å². The highest BCUT2D eigenvalue weighted by Gasteiger charge is 2.40. The van der Waals surface area contributed by atoms with Gasteiger partial charge in [0, 0.05) is 19.6 Å². The molecule has 0 radical (unpaired) electrons. The molecule has 0 aromatic heterocycles. The van der Waals surface area contributed by atoms with Gasteiger partial charge in [-0.25, -0.2) is 4.39 Å². The molecular formula is C25H31FN2O3S. The lowest BCUT2D eigenvalue weighted by Crippen LogP contribution is -2.45.